The third-order valence-electron chi connectivity index (χ3n) is 1.07. The lowest BCUT2D eigenvalue weighted by Gasteiger charge is -2.12. The van der Waals surface area contributed by atoms with Crippen LogP contribution in [-0.4, -0.2) is 22.4 Å². The molecule has 0 aliphatic heterocycles. The molecule has 0 aromatic carbocycles. The maximum Gasteiger partial charge on any atom is 0.104 e. The highest BCUT2D eigenvalue weighted by Crippen LogP contribution is 2.03. The third kappa shape index (κ3) is 2.44. The summed E-state index contributed by atoms with van der Waals surface area (Å²) in [7, 11) is 0. The minimum atomic E-state index is -0.887. The molecule has 0 aliphatic rings. The average Bonchev–Trinajstić information content (AvgIpc) is 1.84. The van der Waals surface area contributed by atoms with Crippen molar-refractivity contribution in [2.24, 2.45) is 0 Å². The fourth-order valence-corrected chi connectivity index (χ4v) is 0.420. The summed E-state index contributed by atoms with van der Waals surface area (Å²) in [5, 5.41) is 17.8. The van der Waals surface area contributed by atoms with E-state index in [-0.39, 0.29) is 0 Å². The summed E-state index contributed by atoms with van der Waals surface area (Å²) in [6.45, 7) is 8.43. The standard InChI is InChI=1S/C7H12O2/c1-4-6(8)7(9)5(2)3/h4,6-9H,1-2H2,3H3. The second-order valence-corrected chi connectivity index (χ2v) is 2.02. The monoisotopic (exact) mass is 128 g/mol. The fraction of sp³-hybridized carbons (Fsp3) is 0.429. The molecule has 2 N–H and O–H groups in total. The van der Waals surface area contributed by atoms with Gasteiger partial charge in [0.05, 0.1) is 0 Å². The van der Waals surface area contributed by atoms with Crippen LogP contribution in [-0.2, 0) is 0 Å². The van der Waals surface area contributed by atoms with Gasteiger partial charge in [0.25, 0.3) is 0 Å². The number of hydrogen-bond donors (Lipinski definition) is 2. The van der Waals surface area contributed by atoms with Crippen molar-refractivity contribution in [2.45, 2.75) is 19.1 Å². The molecule has 0 saturated carbocycles. The highest BCUT2D eigenvalue weighted by atomic mass is 16.3. The molecular weight excluding hydrogens is 116 g/mol. The molecule has 0 radical (unpaired) electrons. The minimum absolute atomic E-state index is 0.544. The van der Waals surface area contributed by atoms with Crippen LogP contribution in [0.25, 0.3) is 0 Å². The van der Waals surface area contributed by atoms with E-state index in [2.05, 4.69) is 13.2 Å². The molecule has 0 aromatic rings. The molecule has 0 spiro atoms. The van der Waals surface area contributed by atoms with Crippen molar-refractivity contribution in [1.82, 2.24) is 0 Å². The van der Waals surface area contributed by atoms with Crippen LogP contribution in [0.4, 0.5) is 0 Å². The number of hydrogen-bond acceptors (Lipinski definition) is 2. The molecule has 0 aliphatic carbocycles. The van der Waals surface area contributed by atoms with E-state index in [9.17, 15) is 0 Å². The lowest BCUT2D eigenvalue weighted by Crippen LogP contribution is -2.23. The summed E-state index contributed by atoms with van der Waals surface area (Å²) >= 11 is 0. The molecule has 52 valence electrons. The largest absolute Gasteiger partial charge is 0.386 e. The van der Waals surface area contributed by atoms with E-state index in [1.807, 2.05) is 0 Å². The van der Waals surface area contributed by atoms with Gasteiger partial charge < -0.3 is 10.2 Å². The molecular formula is C7H12O2. The normalized spacial score (nSPS) is 16.3. The van der Waals surface area contributed by atoms with Crippen LogP contribution in [0.2, 0.25) is 0 Å². The first-order valence-corrected chi connectivity index (χ1v) is 2.73. The Balaban J connectivity index is 3.86. The van der Waals surface area contributed by atoms with Gasteiger partial charge in [-0.1, -0.05) is 12.7 Å². The Labute approximate surface area is 55.1 Å². The molecule has 9 heavy (non-hydrogen) atoms. The number of aliphatic hydroxyl groups is 2. The van der Waals surface area contributed by atoms with Crippen LogP contribution in [0.15, 0.2) is 24.8 Å². The van der Waals surface area contributed by atoms with Crippen molar-refractivity contribution in [1.29, 1.82) is 0 Å². The SMILES string of the molecule is C=CC(O)C(O)C(=C)C. The van der Waals surface area contributed by atoms with Crippen molar-refractivity contribution in [3.8, 4) is 0 Å². The van der Waals surface area contributed by atoms with Crippen molar-refractivity contribution >= 4 is 0 Å². The molecule has 0 aromatic heterocycles. The van der Waals surface area contributed by atoms with E-state index >= 15 is 0 Å². The Kier molecular flexibility index (Phi) is 3.20. The van der Waals surface area contributed by atoms with Crippen LogP contribution < -0.4 is 0 Å². The molecule has 0 saturated heterocycles. The Hall–Kier alpha value is -0.600. The summed E-state index contributed by atoms with van der Waals surface area (Å²) in [5.74, 6) is 0. The molecule has 0 heterocycles. The summed E-state index contributed by atoms with van der Waals surface area (Å²) in [4.78, 5) is 0. The molecule has 2 nitrogen and oxygen atoms in total. The number of rotatable bonds is 3. The van der Waals surface area contributed by atoms with Gasteiger partial charge >= 0.3 is 0 Å². The molecule has 0 rings (SSSR count). The van der Waals surface area contributed by atoms with E-state index in [1.165, 1.54) is 6.08 Å². The molecule has 2 atom stereocenters. The highest BCUT2D eigenvalue weighted by Gasteiger charge is 2.11. The third-order valence-corrected chi connectivity index (χ3v) is 1.07. The van der Waals surface area contributed by atoms with Gasteiger partial charge in [-0.3, -0.25) is 0 Å². The van der Waals surface area contributed by atoms with Gasteiger partial charge in [0.2, 0.25) is 0 Å². The van der Waals surface area contributed by atoms with Gasteiger partial charge in [-0.25, -0.2) is 0 Å². The lowest BCUT2D eigenvalue weighted by atomic mass is 10.1. The van der Waals surface area contributed by atoms with Crippen molar-refractivity contribution in [3.63, 3.8) is 0 Å². The van der Waals surface area contributed by atoms with E-state index in [1.54, 1.807) is 6.92 Å². The van der Waals surface area contributed by atoms with Gasteiger partial charge in [0, 0.05) is 0 Å². The molecule has 0 bridgehead atoms. The lowest BCUT2D eigenvalue weighted by molar-refractivity contribution is 0.0738. The molecule has 2 heteroatoms. The van der Waals surface area contributed by atoms with Crippen LogP contribution in [0.5, 0.6) is 0 Å². The minimum Gasteiger partial charge on any atom is -0.386 e. The van der Waals surface area contributed by atoms with Crippen LogP contribution in [0.1, 0.15) is 6.92 Å². The smallest absolute Gasteiger partial charge is 0.104 e. The first kappa shape index (κ1) is 8.40. The number of aliphatic hydroxyl groups excluding tert-OH is 2. The predicted octanol–water partition coefficient (Wildman–Crippen LogP) is 0.470. The van der Waals surface area contributed by atoms with Crippen LogP contribution in [0.3, 0.4) is 0 Å². The van der Waals surface area contributed by atoms with Crippen molar-refractivity contribution in [2.75, 3.05) is 0 Å². The first-order valence-electron chi connectivity index (χ1n) is 2.73. The molecule has 2 unspecified atom stereocenters. The van der Waals surface area contributed by atoms with Crippen LogP contribution >= 0.6 is 0 Å². The Bertz CT molecular complexity index is 118. The van der Waals surface area contributed by atoms with Gasteiger partial charge in [-0.15, -0.1) is 6.58 Å². The summed E-state index contributed by atoms with van der Waals surface area (Å²) in [5.41, 5.74) is 0.544. The van der Waals surface area contributed by atoms with Crippen molar-refractivity contribution < 1.29 is 10.2 Å². The van der Waals surface area contributed by atoms with E-state index in [4.69, 9.17) is 10.2 Å². The second-order valence-electron chi connectivity index (χ2n) is 2.02. The second kappa shape index (κ2) is 3.43. The van der Waals surface area contributed by atoms with Gasteiger partial charge in [-0.05, 0) is 12.5 Å². The summed E-state index contributed by atoms with van der Waals surface area (Å²) < 4.78 is 0. The zero-order valence-corrected chi connectivity index (χ0v) is 5.54. The van der Waals surface area contributed by atoms with E-state index < -0.39 is 12.2 Å². The van der Waals surface area contributed by atoms with Crippen LogP contribution in [0, 0.1) is 0 Å². The molecule has 0 fully saturated rings. The first-order chi connectivity index (χ1) is 4.09. The Morgan fingerprint density at radius 2 is 2.00 bits per heavy atom. The van der Waals surface area contributed by atoms with Gasteiger partial charge in [0.1, 0.15) is 12.2 Å². The van der Waals surface area contributed by atoms with Crippen molar-refractivity contribution in [3.05, 3.63) is 24.8 Å². The Morgan fingerprint density at radius 3 is 2.11 bits per heavy atom. The Morgan fingerprint density at radius 1 is 1.56 bits per heavy atom. The molecule has 0 amide bonds. The van der Waals surface area contributed by atoms with E-state index in [0.29, 0.717) is 5.57 Å². The highest BCUT2D eigenvalue weighted by molar-refractivity contribution is 5.04. The quantitative estimate of drug-likeness (QED) is 0.542. The average molecular weight is 128 g/mol. The topological polar surface area (TPSA) is 40.5 Å². The maximum atomic E-state index is 8.97. The summed E-state index contributed by atoms with van der Waals surface area (Å²) in [6.07, 6.45) is -0.482. The van der Waals surface area contributed by atoms with Gasteiger partial charge in [0.15, 0.2) is 0 Å². The van der Waals surface area contributed by atoms with E-state index in [0.717, 1.165) is 0 Å². The summed E-state index contributed by atoms with van der Waals surface area (Å²) in [6, 6.07) is 0. The fourth-order valence-electron chi connectivity index (χ4n) is 0.420. The maximum absolute atomic E-state index is 8.97. The predicted molar refractivity (Wildman–Crippen MR) is 37.0 cm³/mol. The zero-order chi connectivity index (χ0) is 7.44. The zero-order valence-electron chi connectivity index (χ0n) is 5.54. The van der Waals surface area contributed by atoms with Gasteiger partial charge in [-0.2, -0.15) is 0 Å².